The Morgan fingerprint density at radius 1 is 1.16 bits per heavy atom. The third-order valence-corrected chi connectivity index (χ3v) is 4.22. The Morgan fingerprint density at radius 3 is 2.21 bits per heavy atom. The van der Waals surface area contributed by atoms with Crippen LogP contribution in [-0.4, -0.2) is 30.7 Å². The third-order valence-electron chi connectivity index (χ3n) is 2.38. The van der Waals surface area contributed by atoms with Gasteiger partial charge in [0, 0.05) is 19.0 Å². The molecule has 1 aromatic rings. The molecule has 0 bridgehead atoms. The van der Waals surface area contributed by atoms with Crippen LogP contribution in [0.1, 0.15) is 12.0 Å². The Kier molecular flexibility index (Phi) is 5.64. The van der Waals surface area contributed by atoms with Crippen molar-refractivity contribution in [2.24, 2.45) is 0 Å². The van der Waals surface area contributed by atoms with Gasteiger partial charge in [-0.3, -0.25) is 0 Å². The van der Waals surface area contributed by atoms with Gasteiger partial charge in [0.25, 0.3) is 0 Å². The molecule has 0 heterocycles. The predicted octanol–water partition coefficient (Wildman–Crippen LogP) is 2.97. The van der Waals surface area contributed by atoms with Crippen molar-refractivity contribution in [3.63, 3.8) is 0 Å². The number of hydrogen-bond donors (Lipinski definition) is 0. The van der Waals surface area contributed by atoms with Crippen molar-refractivity contribution in [2.45, 2.75) is 18.5 Å². The SMILES string of the molecule is O=S(=O)(N(CCCCl)Cc1ccccc1)C(F)(F)F. The molecule has 0 radical (unpaired) electrons. The van der Waals surface area contributed by atoms with Crippen LogP contribution in [0, 0.1) is 0 Å². The van der Waals surface area contributed by atoms with E-state index >= 15 is 0 Å². The Bertz CT molecular complexity index is 490. The molecular weight excluding hydrogens is 303 g/mol. The Labute approximate surface area is 115 Å². The van der Waals surface area contributed by atoms with E-state index in [1.807, 2.05) is 0 Å². The molecule has 3 nitrogen and oxygen atoms in total. The van der Waals surface area contributed by atoms with Crippen LogP contribution in [0.5, 0.6) is 0 Å². The first-order valence-electron chi connectivity index (χ1n) is 5.45. The average Bonchev–Trinajstić information content (AvgIpc) is 2.34. The molecule has 0 N–H and O–H groups in total. The highest BCUT2D eigenvalue weighted by atomic mass is 35.5. The van der Waals surface area contributed by atoms with Crippen LogP contribution in [-0.2, 0) is 16.6 Å². The fourth-order valence-electron chi connectivity index (χ4n) is 1.45. The summed E-state index contributed by atoms with van der Waals surface area (Å²) in [5, 5.41) is 0. The van der Waals surface area contributed by atoms with E-state index in [0.717, 1.165) is 0 Å². The van der Waals surface area contributed by atoms with Crippen LogP contribution in [0.4, 0.5) is 13.2 Å². The quantitative estimate of drug-likeness (QED) is 0.757. The van der Waals surface area contributed by atoms with Crippen molar-refractivity contribution < 1.29 is 21.6 Å². The summed E-state index contributed by atoms with van der Waals surface area (Å²) in [5.41, 5.74) is -4.81. The molecule has 0 amide bonds. The molecule has 0 aromatic heterocycles. The average molecular weight is 316 g/mol. The van der Waals surface area contributed by atoms with E-state index in [9.17, 15) is 21.6 Å². The molecule has 19 heavy (non-hydrogen) atoms. The second kappa shape index (κ2) is 6.58. The molecule has 0 aliphatic heterocycles. The van der Waals surface area contributed by atoms with Crippen LogP contribution in [0.2, 0.25) is 0 Å². The number of sulfonamides is 1. The molecule has 0 atom stereocenters. The van der Waals surface area contributed by atoms with E-state index in [4.69, 9.17) is 11.6 Å². The van der Waals surface area contributed by atoms with E-state index in [2.05, 4.69) is 0 Å². The molecule has 0 spiro atoms. The van der Waals surface area contributed by atoms with Crippen molar-refractivity contribution in [3.8, 4) is 0 Å². The van der Waals surface area contributed by atoms with Gasteiger partial charge >= 0.3 is 15.5 Å². The van der Waals surface area contributed by atoms with Crippen molar-refractivity contribution >= 4 is 21.6 Å². The third kappa shape index (κ3) is 4.36. The van der Waals surface area contributed by atoms with Crippen molar-refractivity contribution in [3.05, 3.63) is 35.9 Å². The zero-order valence-corrected chi connectivity index (χ0v) is 11.5. The Hall–Kier alpha value is -0.790. The van der Waals surface area contributed by atoms with Gasteiger partial charge < -0.3 is 0 Å². The highest BCUT2D eigenvalue weighted by Gasteiger charge is 2.49. The molecular formula is C11H13ClF3NO2S. The summed E-state index contributed by atoms with van der Waals surface area (Å²) in [6.45, 7) is -0.584. The second-order valence-corrected chi connectivity index (χ2v) is 6.12. The summed E-state index contributed by atoms with van der Waals surface area (Å²) in [5.74, 6) is 0.0959. The molecule has 0 aliphatic rings. The molecule has 0 unspecified atom stereocenters. The van der Waals surface area contributed by atoms with Gasteiger partial charge in [-0.25, -0.2) is 8.42 Å². The maximum atomic E-state index is 12.6. The van der Waals surface area contributed by atoms with E-state index in [1.54, 1.807) is 30.3 Å². The molecule has 0 aliphatic carbocycles. The molecule has 8 heteroatoms. The monoisotopic (exact) mass is 315 g/mol. The van der Waals surface area contributed by atoms with Crippen molar-refractivity contribution in [1.29, 1.82) is 0 Å². The van der Waals surface area contributed by atoms with Crippen molar-refractivity contribution in [1.82, 2.24) is 4.31 Å². The first-order valence-corrected chi connectivity index (χ1v) is 7.43. The minimum Gasteiger partial charge on any atom is -0.203 e. The van der Waals surface area contributed by atoms with Gasteiger partial charge in [-0.15, -0.1) is 11.6 Å². The molecule has 1 rings (SSSR count). The van der Waals surface area contributed by atoms with Gasteiger partial charge in [0.2, 0.25) is 0 Å². The minimum atomic E-state index is -5.33. The smallest absolute Gasteiger partial charge is 0.203 e. The first-order chi connectivity index (χ1) is 8.79. The van der Waals surface area contributed by atoms with Gasteiger partial charge in [-0.2, -0.15) is 17.5 Å². The fourth-order valence-corrected chi connectivity index (χ4v) is 2.55. The molecule has 108 valence electrons. The number of halogens is 4. The minimum absolute atomic E-state index is 0.0959. The van der Waals surface area contributed by atoms with Crippen LogP contribution in [0.15, 0.2) is 30.3 Å². The lowest BCUT2D eigenvalue weighted by Crippen LogP contribution is -2.40. The van der Waals surface area contributed by atoms with Gasteiger partial charge in [0.15, 0.2) is 0 Å². The number of benzene rings is 1. The van der Waals surface area contributed by atoms with E-state index in [-0.39, 0.29) is 25.4 Å². The first kappa shape index (κ1) is 16.3. The summed E-state index contributed by atoms with van der Waals surface area (Å²) in [6, 6.07) is 8.11. The second-order valence-electron chi connectivity index (χ2n) is 3.81. The maximum absolute atomic E-state index is 12.6. The Balaban J connectivity index is 2.96. The van der Waals surface area contributed by atoms with Crippen LogP contribution < -0.4 is 0 Å². The standard InChI is InChI=1S/C11H13ClF3NO2S/c12-7-4-8-16(19(17,18)11(13,14)15)9-10-5-2-1-3-6-10/h1-3,5-6H,4,7-9H2. The maximum Gasteiger partial charge on any atom is 0.511 e. The number of hydrogen-bond acceptors (Lipinski definition) is 2. The zero-order chi connectivity index (χ0) is 14.5. The van der Waals surface area contributed by atoms with Gasteiger partial charge in [-0.1, -0.05) is 30.3 Å². The van der Waals surface area contributed by atoms with Crippen LogP contribution >= 0.6 is 11.6 Å². The van der Waals surface area contributed by atoms with Gasteiger partial charge in [-0.05, 0) is 12.0 Å². The summed E-state index contributed by atoms with van der Waals surface area (Å²) < 4.78 is 60.9. The Morgan fingerprint density at radius 2 is 1.74 bits per heavy atom. The van der Waals surface area contributed by atoms with E-state index < -0.39 is 15.5 Å². The summed E-state index contributed by atoms with van der Waals surface area (Å²) in [6.07, 6.45) is 0.156. The zero-order valence-electron chi connectivity index (χ0n) is 9.90. The largest absolute Gasteiger partial charge is 0.511 e. The van der Waals surface area contributed by atoms with Gasteiger partial charge in [0.05, 0.1) is 0 Å². The highest BCUT2D eigenvalue weighted by Crippen LogP contribution is 2.28. The van der Waals surface area contributed by atoms with Gasteiger partial charge in [0.1, 0.15) is 0 Å². The van der Waals surface area contributed by atoms with Crippen LogP contribution in [0.25, 0.3) is 0 Å². The van der Waals surface area contributed by atoms with Crippen molar-refractivity contribution in [2.75, 3.05) is 12.4 Å². The number of nitrogens with zero attached hydrogens (tertiary/aromatic N) is 1. The summed E-state index contributed by atoms with van der Waals surface area (Å²) >= 11 is 5.41. The number of rotatable bonds is 6. The molecule has 0 saturated heterocycles. The lowest BCUT2D eigenvalue weighted by Gasteiger charge is -2.23. The topological polar surface area (TPSA) is 37.4 Å². The lowest BCUT2D eigenvalue weighted by atomic mass is 10.2. The molecule has 0 fully saturated rings. The fraction of sp³-hybridized carbons (Fsp3) is 0.455. The van der Waals surface area contributed by atoms with E-state index in [1.165, 1.54) is 0 Å². The highest BCUT2D eigenvalue weighted by molar-refractivity contribution is 7.89. The summed E-state index contributed by atoms with van der Waals surface area (Å²) in [7, 11) is -5.33. The lowest BCUT2D eigenvalue weighted by molar-refractivity contribution is -0.0491. The molecule has 1 aromatic carbocycles. The van der Waals surface area contributed by atoms with E-state index in [0.29, 0.717) is 9.87 Å². The summed E-state index contributed by atoms with van der Waals surface area (Å²) in [4.78, 5) is 0. The van der Waals surface area contributed by atoms with Crippen LogP contribution in [0.3, 0.4) is 0 Å². The number of alkyl halides is 4. The predicted molar refractivity (Wildman–Crippen MR) is 67.2 cm³/mol. The molecule has 0 saturated carbocycles. The normalized spacial score (nSPS) is 12.9.